The Morgan fingerprint density at radius 2 is 2.23 bits per heavy atom. The van der Waals surface area contributed by atoms with Crippen molar-refractivity contribution in [3.8, 4) is 11.6 Å². The quantitative estimate of drug-likeness (QED) is 0.912. The van der Waals surface area contributed by atoms with Gasteiger partial charge < -0.3 is 15.4 Å². The van der Waals surface area contributed by atoms with E-state index in [1.807, 2.05) is 24.3 Å². The van der Waals surface area contributed by atoms with E-state index in [9.17, 15) is 4.79 Å². The van der Waals surface area contributed by atoms with Gasteiger partial charge in [0.2, 0.25) is 5.88 Å². The van der Waals surface area contributed by atoms with Crippen LogP contribution < -0.4 is 10.5 Å². The van der Waals surface area contributed by atoms with Crippen LogP contribution in [0, 0.1) is 0 Å². The van der Waals surface area contributed by atoms with Gasteiger partial charge in [-0.3, -0.25) is 4.79 Å². The van der Waals surface area contributed by atoms with E-state index < -0.39 is 0 Å². The van der Waals surface area contributed by atoms with Crippen molar-refractivity contribution in [2.24, 2.45) is 5.73 Å². The molecule has 2 N–H and O–H groups in total. The fourth-order valence-corrected chi connectivity index (χ4v) is 2.80. The average molecular weight is 362 g/mol. The molecule has 0 unspecified atom stereocenters. The second-order valence-electron chi connectivity index (χ2n) is 5.22. The summed E-state index contributed by atoms with van der Waals surface area (Å²) in [6, 6.07) is 10.9. The number of rotatable bonds is 3. The highest BCUT2D eigenvalue weighted by atomic mass is 79.9. The fourth-order valence-electron chi connectivity index (χ4n) is 2.42. The van der Waals surface area contributed by atoms with Crippen LogP contribution >= 0.6 is 15.9 Å². The highest BCUT2D eigenvalue weighted by Crippen LogP contribution is 2.26. The maximum Gasteiger partial charge on any atom is 0.259 e. The number of carbonyl (C=O) groups is 1. The molecule has 114 valence electrons. The first-order valence-electron chi connectivity index (χ1n) is 7.07. The summed E-state index contributed by atoms with van der Waals surface area (Å²) in [5.74, 6) is 0.845. The largest absolute Gasteiger partial charge is 0.438 e. The molecule has 2 aromatic rings. The van der Waals surface area contributed by atoms with E-state index in [0.717, 1.165) is 10.9 Å². The Morgan fingerprint density at radius 3 is 2.95 bits per heavy atom. The molecule has 0 saturated carbocycles. The number of hydrogen-bond acceptors (Lipinski definition) is 4. The lowest BCUT2D eigenvalue weighted by atomic mass is 10.2. The van der Waals surface area contributed by atoms with E-state index >= 15 is 0 Å². The molecule has 1 atom stereocenters. The van der Waals surface area contributed by atoms with Gasteiger partial charge >= 0.3 is 0 Å². The Labute approximate surface area is 137 Å². The van der Waals surface area contributed by atoms with Gasteiger partial charge in [-0.15, -0.1) is 0 Å². The van der Waals surface area contributed by atoms with Crippen LogP contribution in [0.25, 0.3) is 0 Å². The third kappa shape index (κ3) is 3.28. The molecule has 0 aliphatic carbocycles. The minimum Gasteiger partial charge on any atom is -0.438 e. The number of aromatic nitrogens is 1. The molecule has 0 bridgehead atoms. The second kappa shape index (κ2) is 6.46. The molecule has 1 fully saturated rings. The number of benzene rings is 1. The summed E-state index contributed by atoms with van der Waals surface area (Å²) in [5, 5.41) is 0. The molecular formula is C16H16BrN3O2. The summed E-state index contributed by atoms with van der Waals surface area (Å²) < 4.78 is 6.68. The summed E-state index contributed by atoms with van der Waals surface area (Å²) in [6.07, 6.45) is 2.44. The summed E-state index contributed by atoms with van der Waals surface area (Å²) >= 11 is 3.39. The number of nitrogens with two attached hydrogens (primary N) is 1. The molecule has 1 saturated heterocycles. The normalized spacial score (nSPS) is 17.5. The Bertz CT molecular complexity index is 693. The van der Waals surface area contributed by atoms with Crippen LogP contribution in [0.1, 0.15) is 16.8 Å². The van der Waals surface area contributed by atoms with Gasteiger partial charge in [0.25, 0.3) is 5.91 Å². The van der Waals surface area contributed by atoms with Gasteiger partial charge in [-0.05, 0) is 36.8 Å². The Balaban J connectivity index is 1.85. The van der Waals surface area contributed by atoms with Gasteiger partial charge in [0.05, 0.1) is 0 Å². The third-order valence-corrected chi connectivity index (χ3v) is 4.02. The summed E-state index contributed by atoms with van der Waals surface area (Å²) in [5.41, 5.74) is 6.33. The molecule has 3 rings (SSSR count). The van der Waals surface area contributed by atoms with E-state index in [-0.39, 0.29) is 11.9 Å². The molecule has 1 aliphatic heterocycles. The predicted octanol–water partition coefficient (Wildman–Crippen LogP) is 2.81. The van der Waals surface area contributed by atoms with Crippen molar-refractivity contribution >= 4 is 21.8 Å². The van der Waals surface area contributed by atoms with E-state index in [1.54, 1.807) is 23.2 Å². The summed E-state index contributed by atoms with van der Waals surface area (Å²) in [4.78, 5) is 18.6. The topological polar surface area (TPSA) is 68.5 Å². The number of hydrogen-bond donors (Lipinski definition) is 1. The predicted molar refractivity (Wildman–Crippen MR) is 86.9 cm³/mol. The first-order valence-corrected chi connectivity index (χ1v) is 7.86. The van der Waals surface area contributed by atoms with E-state index in [0.29, 0.717) is 30.3 Å². The summed E-state index contributed by atoms with van der Waals surface area (Å²) in [7, 11) is 0. The van der Waals surface area contributed by atoms with Gasteiger partial charge in [-0.1, -0.05) is 22.0 Å². The second-order valence-corrected chi connectivity index (χ2v) is 6.13. The molecule has 5 nitrogen and oxygen atoms in total. The monoisotopic (exact) mass is 361 g/mol. The van der Waals surface area contributed by atoms with Crippen LogP contribution in [0.15, 0.2) is 47.1 Å². The average Bonchev–Trinajstić information content (AvgIpc) is 2.94. The number of likely N-dealkylation sites (tertiary alicyclic amines) is 1. The van der Waals surface area contributed by atoms with Gasteiger partial charge in [0.1, 0.15) is 11.3 Å². The highest BCUT2D eigenvalue weighted by molar-refractivity contribution is 9.10. The number of carbonyl (C=O) groups excluding carboxylic acids is 1. The van der Waals surface area contributed by atoms with Crippen molar-refractivity contribution in [3.63, 3.8) is 0 Å². The molecule has 1 aromatic carbocycles. The molecule has 1 aliphatic rings. The standard InChI is InChI=1S/C16H16BrN3O2/c17-11-3-1-4-13(9-11)22-15-14(5-2-7-19-15)16(21)20-8-6-12(18)10-20/h1-5,7,9,12H,6,8,10,18H2/t12-/m1/s1. The molecule has 0 spiro atoms. The lowest BCUT2D eigenvalue weighted by Crippen LogP contribution is -2.32. The fraction of sp³-hybridized carbons (Fsp3) is 0.250. The minimum absolute atomic E-state index is 0.0510. The van der Waals surface area contributed by atoms with E-state index in [2.05, 4.69) is 20.9 Å². The van der Waals surface area contributed by atoms with Crippen LogP contribution in [-0.2, 0) is 0 Å². The van der Waals surface area contributed by atoms with Crippen LogP contribution in [0.3, 0.4) is 0 Å². The van der Waals surface area contributed by atoms with Crippen molar-refractivity contribution in [1.82, 2.24) is 9.88 Å². The zero-order chi connectivity index (χ0) is 15.5. The van der Waals surface area contributed by atoms with Crippen molar-refractivity contribution in [3.05, 3.63) is 52.6 Å². The molecule has 1 aromatic heterocycles. The Kier molecular flexibility index (Phi) is 4.40. The zero-order valence-electron chi connectivity index (χ0n) is 11.9. The van der Waals surface area contributed by atoms with Gasteiger partial charge in [0.15, 0.2) is 0 Å². The van der Waals surface area contributed by atoms with Crippen LogP contribution in [0.2, 0.25) is 0 Å². The van der Waals surface area contributed by atoms with Crippen molar-refractivity contribution in [1.29, 1.82) is 0 Å². The Morgan fingerprint density at radius 1 is 1.36 bits per heavy atom. The van der Waals surface area contributed by atoms with Crippen molar-refractivity contribution in [2.45, 2.75) is 12.5 Å². The third-order valence-electron chi connectivity index (χ3n) is 3.52. The van der Waals surface area contributed by atoms with Gasteiger partial charge in [-0.25, -0.2) is 4.98 Å². The van der Waals surface area contributed by atoms with Crippen molar-refractivity contribution in [2.75, 3.05) is 13.1 Å². The number of halogens is 1. The number of amides is 1. The van der Waals surface area contributed by atoms with Gasteiger partial charge in [-0.2, -0.15) is 0 Å². The first kappa shape index (κ1) is 15.0. The van der Waals surface area contributed by atoms with Crippen LogP contribution in [0.4, 0.5) is 0 Å². The molecule has 2 heterocycles. The maximum absolute atomic E-state index is 12.6. The Hall–Kier alpha value is -1.92. The molecule has 22 heavy (non-hydrogen) atoms. The highest BCUT2D eigenvalue weighted by Gasteiger charge is 2.27. The molecule has 1 amide bonds. The van der Waals surface area contributed by atoms with E-state index in [1.165, 1.54) is 0 Å². The molecule has 0 radical (unpaired) electrons. The lowest BCUT2D eigenvalue weighted by Gasteiger charge is -2.17. The van der Waals surface area contributed by atoms with Crippen LogP contribution in [-0.4, -0.2) is 34.9 Å². The first-order chi connectivity index (χ1) is 10.6. The smallest absolute Gasteiger partial charge is 0.259 e. The van der Waals surface area contributed by atoms with Crippen LogP contribution in [0.5, 0.6) is 11.6 Å². The lowest BCUT2D eigenvalue weighted by molar-refractivity contribution is 0.0787. The molecule has 6 heteroatoms. The van der Waals surface area contributed by atoms with E-state index in [4.69, 9.17) is 10.5 Å². The summed E-state index contributed by atoms with van der Waals surface area (Å²) in [6.45, 7) is 1.25. The number of pyridine rings is 1. The zero-order valence-corrected chi connectivity index (χ0v) is 13.5. The number of ether oxygens (including phenoxy) is 1. The molecular weight excluding hydrogens is 346 g/mol. The maximum atomic E-state index is 12.6. The van der Waals surface area contributed by atoms with Crippen molar-refractivity contribution < 1.29 is 9.53 Å². The SMILES string of the molecule is N[C@@H]1CCN(C(=O)c2cccnc2Oc2cccc(Br)c2)C1. The minimum atomic E-state index is -0.0916. The van der Waals surface area contributed by atoms with Gasteiger partial charge in [0, 0.05) is 29.8 Å². The number of nitrogens with zero attached hydrogens (tertiary/aromatic N) is 2.